The van der Waals surface area contributed by atoms with Crippen LogP contribution in [-0.2, 0) is 25.7 Å². The van der Waals surface area contributed by atoms with E-state index in [4.69, 9.17) is 9.84 Å². The number of alkyl halides is 1. The standard InChI is InChI=1S/C17H21BrN2O7/c18-8-12(22)6-7-13(16(24)25)19-15(23)14(9-21)20-17(26)27-10-11-4-2-1-3-5-11/h1-5,13-14,21H,6-10H2,(H,19,23)(H,20,26)(H,24,25)/t13-,14-/m0/s1. The minimum atomic E-state index is -1.39. The van der Waals surface area contributed by atoms with Gasteiger partial charge in [0.25, 0.3) is 0 Å². The fourth-order valence-corrected chi connectivity index (χ4v) is 2.28. The summed E-state index contributed by atoms with van der Waals surface area (Å²) in [6.45, 7) is -0.780. The van der Waals surface area contributed by atoms with Crippen molar-refractivity contribution in [2.45, 2.75) is 31.5 Å². The predicted molar refractivity (Wildman–Crippen MR) is 98.2 cm³/mol. The number of nitrogens with one attached hydrogen (secondary N) is 2. The van der Waals surface area contributed by atoms with Gasteiger partial charge in [-0.2, -0.15) is 0 Å². The number of amides is 2. The molecule has 0 aliphatic heterocycles. The summed E-state index contributed by atoms with van der Waals surface area (Å²) in [6.07, 6.45) is -1.09. The molecule has 2 amide bonds. The van der Waals surface area contributed by atoms with Crippen LogP contribution in [0.2, 0.25) is 0 Å². The number of benzene rings is 1. The maximum Gasteiger partial charge on any atom is 0.408 e. The van der Waals surface area contributed by atoms with Crippen LogP contribution in [0.1, 0.15) is 18.4 Å². The van der Waals surface area contributed by atoms with Crippen molar-refractivity contribution in [3.63, 3.8) is 0 Å². The maximum atomic E-state index is 12.1. The Kier molecular flexibility index (Phi) is 10.1. The topological polar surface area (TPSA) is 142 Å². The summed E-state index contributed by atoms with van der Waals surface area (Å²) in [4.78, 5) is 46.4. The molecule has 0 saturated carbocycles. The fraction of sp³-hybridized carbons (Fsp3) is 0.412. The second-order valence-corrected chi connectivity index (χ2v) is 6.11. The van der Waals surface area contributed by atoms with E-state index in [1.807, 2.05) is 0 Å². The Morgan fingerprint density at radius 1 is 1.07 bits per heavy atom. The number of ether oxygens (including phenoxy) is 1. The summed E-state index contributed by atoms with van der Waals surface area (Å²) in [5.41, 5.74) is 0.736. The first-order valence-electron chi connectivity index (χ1n) is 8.06. The van der Waals surface area contributed by atoms with Crippen LogP contribution in [0.25, 0.3) is 0 Å². The average Bonchev–Trinajstić information content (AvgIpc) is 2.67. The molecule has 0 unspecified atom stereocenters. The number of Topliss-reactive ketones (excluding diaryl/α,β-unsaturated/α-hetero) is 1. The van der Waals surface area contributed by atoms with E-state index in [1.165, 1.54) is 0 Å². The van der Waals surface area contributed by atoms with Gasteiger partial charge in [0.15, 0.2) is 0 Å². The summed E-state index contributed by atoms with van der Waals surface area (Å²) in [7, 11) is 0. The molecule has 27 heavy (non-hydrogen) atoms. The molecule has 1 aromatic carbocycles. The number of carbonyl (C=O) groups is 4. The Morgan fingerprint density at radius 3 is 2.30 bits per heavy atom. The molecule has 2 atom stereocenters. The van der Waals surface area contributed by atoms with Gasteiger partial charge in [0.1, 0.15) is 24.5 Å². The van der Waals surface area contributed by atoms with Gasteiger partial charge in [0.2, 0.25) is 5.91 Å². The van der Waals surface area contributed by atoms with Crippen molar-refractivity contribution in [1.82, 2.24) is 10.6 Å². The monoisotopic (exact) mass is 444 g/mol. The minimum absolute atomic E-state index is 0.0289. The molecule has 10 heteroatoms. The molecular formula is C17H21BrN2O7. The molecule has 0 aromatic heterocycles. The van der Waals surface area contributed by atoms with E-state index in [1.54, 1.807) is 30.3 Å². The predicted octanol–water partition coefficient (Wildman–Crippen LogP) is 0.587. The zero-order valence-corrected chi connectivity index (χ0v) is 16.0. The lowest BCUT2D eigenvalue weighted by molar-refractivity contribution is -0.142. The van der Waals surface area contributed by atoms with Crippen LogP contribution in [0, 0.1) is 0 Å². The molecule has 0 bridgehead atoms. The van der Waals surface area contributed by atoms with Crippen molar-refractivity contribution < 1.29 is 34.1 Å². The zero-order valence-electron chi connectivity index (χ0n) is 14.4. The molecule has 0 spiro atoms. The first-order chi connectivity index (χ1) is 12.9. The molecule has 0 heterocycles. The van der Waals surface area contributed by atoms with E-state index in [0.717, 1.165) is 5.56 Å². The number of ketones is 1. The summed E-state index contributed by atoms with van der Waals surface area (Å²) in [5, 5.41) is 22.9. The molecule has 9 nitrogen and oxygen atoms in total. The van der Waals surface area contributed by atoms with E-state index in [2.05, 4.69) is 26.6 Å². The smallest absolute Gasteiger partial charge is 0.408 e. The highest BCUT2D eigenvalue weighted by Gasteiger charge is 2.26. The normalized spacial score (nSPS) is 12.5. The van der Waals surface area contributed by atoms with E-state index in [0.29, 0.717) is 0 Å². The zero-order chi connectivity index (χ0) is 20.2. The van der Waals surface area contributed by atoms with E-state index in [9.17, 15) is 24.3 Å². The molecule has 0 saturated heterocycles. The lowest BCUT2D eigenvalue weighted by atomic mass is 10.1. The molecule has 0 aliphatic carbocycles. The number of carbonyl (C=O) groups excluding carboxylic acids is 3. The first kappa shape index (κ1) is 22.6. The van der Waals surface area contributed by atoms with Gasteiger partial charge in [0.05, 0.1) is 11.9 Å². The van der Waals surface area contributed by atoms with Crippen LogP contribution in [0.3, 0.4) is 0 Å². The molecule has 1 aromatic rings. The molecule has 0 radical (unpaired) electrons. The van der Waals surface area contributed by atoms with Crippen LogP contribution in [0.5, 0.6) is 0 Å². The number of aliphatic carboxylic acids is 1. The molecular weight excluding hydrogens is 424 g/mol. The molecule has 148 valence electrons. The SMILES string of the molecule is O=C(CBr)CC[C@H](NC(=O)[C@H](CO)NC(=O)OCc1ccccc1)C(=O)O. The highest BCUT2D eigenvalue weighted by molar-refractivity contribution is 9.09. The summed E-state index contributed by atoms with van der Waals surface area (Å²) < 4.78 is 4.95. The Labute approximate surface area is 164 Å². The Bertz CT molecular complexity index is 654. The average molecular weight is 445 g/mol. The van der Waals surface area contributed by atoms with Crippen LogP contribution >= 0.6 is 15.9 Å². The third-order valence-electron chi connectivity index (χ3n) is 3.48. The maximum absolute atomic E-state index is 12.1. The highest BCUT2D eigenvalue weighted by atomic mass is 79.9. The van der Waals surface area contributed by atoms with Crippen molar-refractivity contribution in [2.24, 2.45) is 0 Å². The molecule has 4 N–H and O–H groups in total. The van der Waals surface area contributed by atoms with Gasteiger partial charge in [-0.3, -0.25) is 9.59 Å². The van der Waals surface area contributed by atoms with Gasteiger partial charge in [0, 0.05) is 6.42 Å². The Hall–Kier alpha value is -2.46. The van der Waals surface area contributed by atoms with Crippen LogP contribution in [0.4, 0.5) is 4.79 Å². The lowest BCUT2D eigenvalue weighted by Crippen LogP contribution is -2.53. The largest absolute Gasteiger partial charge is 0.480 e. The first-order valence-corrected chi connectivity index (χ1v) is 9.18. The second-order valence-electron chi connectivity index (χ2n) is 5.55. The number of alkyl carbamates (subject to hydrolysis) is 1. The van der Waals surface area contributed by atoms with Crippen molar-refractivity contribution in [3.05, 3.63) is 35.9 Å². The summed E-state index contributed by atoms with van der Waals surface area (Å²) in [5.74, 6) is -2.43. The van der Waals surface area contributed by atoms with Crippen LogP contribution in [0.15, 0.2) is 30.3 Å². The van der Waals surface area contributed by atoms with E-state index >= 15 is 0 Å². The second kappa shape index (κ2) is 12.0. The number of carboxylic acid groups (broad SMARTS) is 1. The van der Waals surface area contributed by atoms with Crippen LogP contribution < -0.4 is 10.6 Å². The van der Waals surface area contributed by atoms with E-state index < -0.39 is 36.7 Å². The van der Waals surface area contributed by atoms with Gasteiger partial charge >= 0.3 is 12.1 Å². The number of hydrogen-bond acceptors (Lipinski definition) is 6. The van der Waals surface area contributed by atoms with E-state index in [-0.39, 0.29) is 30.6 Å². The van der Waals surface area contributed by atoms with Crippen molar-refractivity contribution >= 4 is 39.7 Å². The molecule has 0 aliphatic rings. The lowest BCUT2D eigenvalue weighted by Gasteiger charge is -2.19. The van der Waals surface area contributed by atoms with Gasteiger partial charge in [-0.1, -0.05) is 46.3 Å². The van der Waals surface area contributed by atoms with Gasteiger partial charge in [-0.05, 0) is 12.0 Å². The van der Waals surface area contributed by atoms with Crippen molar-refractivity contribution in [2.75, 3.05) is 11.9 Å². The number of rotatable bonds is 11. The van der Waals surface area contributed by atoms with Crippen molar-refractivity contribution in [1.29, 1.82) is 0 Å². The van der Waals surface area contributed by atoms with Gasteiger partial charge < -0.3 is 25.6 Å². The van der Waals surface area contributed by atoms with Gasteiger partial charge in [-0.25, -0.2) is 9.59 Å². The Morgan fingerprint density at radius 2 is 1.74 bits per heavy atom. The third kappa shape index (κ3) is 8.65. The fourth-order valence-electron chi connectivity index (χ4n) is 2.00. The minimum Gasteiger partial charge on any atom is -0.480 e. The Balaban J connectivity index is 2.54. The molecule has 1 rings (SSSR count). The van der Waals surface area contributed by atoms with Crippen LogP contribution in [-0.4, -0.2) is 58.0 Å². The summed E-state index contributed by atoms with van der Waals surface area (Å²) >= 11 is 2.97. The number of aliphatic hydroxyl groups is 1. The quantitative estimate of drug-likeness (QED) is 0.365. The third-order valence-corrected chi connectivity index (χ3v) is 4.10. The number of aliphatic hydroxyl groups excluding tert-OH is 1. The van der Waals surface area contributed by atoms with Gasteiger partial charge in [-0.15, -0.1) is 0 Å². The van der Waals surface area contributed by atoms with Crippen molar-refractivity contribution in [3.8, 4) is 0 Å². The summed E-state index contributed by atoms with van der Waals surface area (Å²) in [6, 6.07) is 6.13. The highest BCUT2D eigenvalue weighted by Crippen LogP contribution is 2.03. The number of halogens is 1. The number of carboxylic acids is 1. The number of hydrogen-bond donors (Lipinski definition) is 4. The molecule has 0 fully saturated rings.